The smallest absolute Gasteiger partial charge is 0.275 e. The number of nitrogens with zero attached hydrogens (tertiary/aromatic N) is 2. The van der Waals surface area contributed by atoms with Crippen molar-refractivity contribution < 1.29 is 4.79 Å². The molecular weight excluding hydrogens is 248 g/mol. The summed E-state index contributed by atoms with van der Waals surface area (Å²) in [5.74, 6) is 5.94. The average molecular weight is 264 g/mol. The number of hydrazine groups is 1. The van der Waals surface area contributed by atoms with Crippen LogP contribution in [0, 0.1) is 6.92 Å². The monoisotopic (exact) mass is 264 g/mol. The van der Waals surface area contributed by atoms with Crippen molar-refractivity contribution in [1.82, 2.24) is 15.0 Å². The fraction of sp³-hybridized carbons (Fsp3) is 0.333. The maximum absolute atomic E-state index is 11.5. The quantitative estimate of drug-likeness (QED) is 0.499. The highest BCUT2D eigenvalue weighted by Crippen LogP contribution is 2.22. The Labute approximate surface area is 110 Å². The van der Waals surface area contributed by atoms with E-state index in [2.05, 4.69) is 21.9 Å². The minimum Gasteiger partial charge on any atom is -0.330 e. The van der Waals surface area contributed by atoms with Crippen LogP contribution < -0.4 is 11.3 Å². The third-order valence-corrected chi connectivity index (χ3v) is 3.93. The lowest BCUT2D eigenvalue weighted by Crippen LogP contribution is -2.29. The highest BCUT2D eigenvalue weighted by atomic mass is 32.1. The highest BCUT2D eigenvalue weighted by Gasteiger charge is 2.12. The van der Waals surface area contributed by atoms with Gasteiger partial charge in [0.15, 0.2) is 0 Å². The summed E-state index contributed by atoms with van der Waals surface area (Å²) in [6, 6.07) is 1.89. The zero-order valence-electron chi connectivity index (χ0n) is 10.4. The van der Waals surface area contributed by atoms with Crippen molar-refractivity contribution in [3.05, 3.63) is 39.6 Å². The number of amides is 1. The van der Waals surface area contributed by atoms with Crippen molar-refractivity contribution in [2.45, 2.75) is 26.8 Å². The fourth-order valence-electron chi connectivity index (χ4n) is 1.84. The Morgan fingerprint density at radius 2 is 2.39 bits per heavy atom. The molecule has 2 heterocycles. The van der Waals surface area contributed by atoms with E-state index in [1.165, 1.54) is 11.3 Å². The van der Waals surface area contributed by atoms with E-state index >= 15 is 0 Å². The summed E-state index contributed by atoms with van der Waals surface area (Å²) in [6.45, 7) is 4.83. The molecule has 5 nitrogen and oxygen atoms in total. The van der Waals surface area contributed by atoms with Gasteiger partial charge in [-0.25, -0.2) is 10.8 Å². The molecule has 0 aliphatic heterocycles. The summed E-state index contributed by atoms with van der Waals surface area (Å²) < 4.78 is 2.10. The van der Waals surface area contributed by atoms with Gasteiger partial charge in [-0.1, -0.05) is 6.92 Å². The van der Waals surface area contributed by atoms with E-state index < -0.39 is 0 Å². The van der Waals surface area contributed by atoms with Crippen LogP contribution in [0.15, 0.2) is 18.5 Å². The van der Waals surface area contributed by atoms with E-state index in [9.17, 15) is 4.79 Å². The molecule has 0 aliphatic carbocycles. The van der Waals surface area contributed by atoms with Gasteiger partial charge in [-0.3, -0.25) is 10.2 Å². The number of nitrogens with one attached hydrogen (secondary N) is 1. The minimum absolute atomic E-state index is 0.240. The van der Waals surface area contributed by atoms with Crippen LogP contribution in [0.1, 0.15) is 32.9 Å². The second-order valence-corrected chi connectivity index (χ2v) is 5.25. The first kappa shape index (κ1) is 12.8. The predicted octanol–water partition coefficient (Wildman–Crippen LogP) is 1.47. The van der Waals surface area contributed by atoms with Gasteiger partial charge in [0.25, 0.3) is 5.91 Å². The molecule has 6 heteroatoms. The molecule has 0 saturated heterocycles. The van der Waals surface area contributed by atoms with Gasteiger partial charge in [-0.15, -0.1) is 11.3 Å². The molecule has 2 aromatic rings. The number of hydrogen-bond donors (Lipinski definition) is 2. The van der Waals surface area contributed by atoms with Crippen LogP contribution in [-0.4, -0.2) is 15.5 Å². The Hall–Kier alpha value is -1.66. The van der Waals surface area contributed by atoms with E-state index in [1.807, 2.05) is 19.2 Å². The number of nitrogens with two attached hydrogens (primary N) is 1. The molecule has 1 amide bonds. The standard InChI is InChI=1S/C12H16N4OS/c1-3-11-14-4-5-16(11)7-9-6-10(12(17)15-13)18-8(9)2/h4-6H,3,7,13H2,1-2H3,(H,15,17). The Morgan fingerprint density at radius 3 is 3.06 bits per heavy atom. The molecule has 0 spiro atoms. The Morgan fingerprint density at radius 1 is 1.61 bits per heavy atom. The van der Waals surface area contributed by atoms with Gasteiger partial charge in [0, 0.05) is 30.2 Å². The zero-order valence-corrected chi connectivity index (χ0v) is 11.3. The first-order valence-electron chi connectivity index (χ1n) is 5.76. The lowest BCUT2D eigenvalue weighted by Gasteiger charge is -2.05. The lowest BCUT2D eigenvalue weighted by atomic mass is 10.2. The van der Waals surface area contributed by atoms with E-state index in [4.69, 9.17) is 5.84 Å². The van der Waals surface area contributed by atoms with Crippen molar-refractivity contribution in [1.29, 1.82) is 0 Å². The molecule has 0 saturated carbocycles. The summed E-state index contributed by atoms with van der Waals surface area (Å²) in [5.41, 5.74) is 3.29. The van der Waals surface area contributed by atoms with Crippen LogP contribution in [0.25, 0.3) is 0 Å². The van der Waals surface area contributed by atoms with E-state index in [0.717, 1.165) is 29.2 Å². The van der Waals surface area contributed by atoms with Crippen LogP contribution in [0.3, 0.4) is 0 Å². The van der Waals surface area contributed by atoms with Gasteiger partial charge in [-0.05, 0) is 18.6 Å². The summed E-state index contributed by atoms with van der Waals surface area (Å²) in [5, 5.41) is 0. The second-order valence-electron chi connectivity index (χ2n) is 3.99. The molecule has 0 atom stereocenters. The Kier molecular flexibility index (Phi) is 3.78. The molecule has 0 bridgehead atoms. The Balaban J connectivity index is 2.24. The molecule has 0 aliphatic rings. The van der Waals surface area contributed by atoms with Gasteiger partial charge in [-0.2, -0.15) is 0 Å². The maximum Gasteiger partial charge on any atom is 0.275 e. The first-order valence-corrected chi connectivity index (χ1v) is 6.57. The molecule has 2 rings (SSSR count). The number of aryl methyl sites for hydroxylation is 2. The van der Waals surface area contributed by atoms with Gasteiger partial charge in [0.05, 0.1) is 4.88 Å². The summed E-state index contributed by atoms with van der Waals surface area (Å²) in [6.07, 6.45) is 4.65. The minimum atomic E-state index is -0.240. The number of carbonyl (C=O) groups is 1. The largest absolute Gasteiger partial charge is 0.330 e. The molecule has 96 valence electrons. The SMILES string of the molecule is CCc1nccn1Cc1cc(C(=O)NN)sc1C. The molecule has 2 aromatic heterocycles. The molecule has 18 heavy (non-hydrogen) atoms. The number of thiophene rings is 1. The molecule has 0 aromatic carbocycles. The number of carbonyl (C=O) groups excluding carboxylic acids is 1. The second kappa shape index (κ2) is 5.32. The highest BCUT2D eigenvalue weighted by molar-refractivity contribution is 7.14. The molecule has 0 radical (unpaired) electrons. The normalized spacial score (nSPS) is 10.6. The van der Waals surface area contributed by atoms with Crippen LogP contribution in [-0.2, 0) is 13.0 Å². The zero-order chi connectivity index (χ0) is 13.1. The van der Waals surface area contributed by atoms with Crippen molar-refractivity contribution in [3.8, 4) is 0 Å². The van der Waals surface area contributed by atoms with Crippen LogP contribution in [0.2, 0.25) is 0 Å². The van der Waals surface area contributed by atoms with Gasteiger partial charge in [0.2, 0.25) is 0 Å². The first-order chi connectivity index (χ1) is 8.65. The molecule has 0 fully saturated rings. The lowest BCUT2D eigenvalue weighted by molar-refractivity contribution is 0.0957. The van der Waals surface area contributed by atoms with Gasteiger partial charge in [0.1, 0.15) is 5.82 Å². The number of imidazole rings is 1. The van der Waals surface area contributed by atoms with Crippen molar-refractivity contribution in [3.63, 3.8) is 0 Å². The van der Waals surface area contributed by atoms with Crippen molar-refractivity contribution in [2.75, 3.05) is 0 Å². The number of aromatic nitrogens is 2. The number of nitrogen functional groups attached to an aromatic ring is 1. The van der Waals surface area contributed by atoms with Crippen LogP contribution >= 0.6 is 11.3 Å². The molecule has 3 N–H and O–H groups in total. The Bertz CT molecular complexity index is 558. The summed E-state index contributed by atoms with van der Waals surface area (Å²) >= 11 is 1.46. The number of hydrogen-bond acceptors (Lipinski definition) is 4. The summed E-state index contributed by atoms with van der Waals surface area (Å²) in [4.78, 5) is 17.5. The van der Waals surface area contributed by atoms with Crippen molar-refractivity contribution >= 4 is 17.2 Å². The fourth-order valence-corrected chi connectivity index (χ4v) is 2.78. The molecular formula is C12H16N4OS. The third kappa shape index (κ3) is 2.44. The van der Waals surface area contributed by atoms with Gasteiger partial charge >= 0.3 is 0 Å². The number of rotatable bonds is 4. The van der Waals surface area contributed by atoms with Gasteiger partial charge < -0.3 is 4.57 Å². The van der Waals surface area contributed by atoms with E-state index in [-0.39, 0.29) is 5.91 Å². The van der Waals surface area contributed by atoms with Crippen molar-refractivity contribution in [2.24, 2.45) is 5.84 Å². The average Bonchev–Trinajstić information content (AvgIpc) is 2.96. The summed E-state index contributed by atoms with van der Waals surface area (Å²) in [7, 11) is 0. The molecule has 0 unspecified atom stereocenters. The van der Waals surface area contributed by atoms with Crippen LogP contribution in [0.5, 0.6) is 0 Å². The topological polar surface area (TPSA) is 72.9 Å². The van der Waals surface area contributed by atoms with E-state index in [1.54, 1.807) is 6.20 Å². The van der Waals surface area contributed by atoms with Crippen LogP contribution in [0.4, 0.5) is 0 Å². The predicted molar refractivity (Wildman–Crippen MR) is 71.4 cm³/mol. The maximum atomic E-state index is 11.5. The third-order valence-electron chi connectivity index (χ3n) is 2.83. The van der Waals surface area contributed by atoms with E-state index in [0.29, 0.717) is 4.88 Å².